The van der Waals surface area contributed by atoms with Crippen LogP contribution in [0.25, 0.3) is 22.6 Å². The smallest absolute Gasteiger partial charge is 0.319 e. The number of benzene rings is 1. The molecule has 9 heteroatoms. The van der Waals surface area contributed by atoms with Crippen molar-refractivity contribution in [1.29, 1.82) is 0 Å². The van der Waals surface area contributed by atoms with Gasteiger partial charge in [-0.1, -0.05) is 6.07 Å². The van der Waals surface area contributed by atoms with E-state index in [1.54, 1.807) is 12.1 Å². The van der Waals surface area contributed by atoms with Crippen molar-refractivity contribution in [2.75, 3.05) is 26.1 Å². The molecular weight excluding hydrogens is 418 g/mol. The molecule has 0 aliphatic carbocycles. The van der Waals surface area contributed by atoms with Gasteiger partial charge in [0, 0.05) is 35.8 Å². The molecule has 0 radical (unpaired) electrons. The Morgan fingerprint density at radius 1 is 1.18 bits per heavy atom. The highest BCUT2D eigenvalue weighted by atomic mass is 16.5. The van der Waals surface area contributed by atoms with E-state index in [-0.39, 0.29) is 17.3 Å². The second-order valence-electron chi connectivity index (χ2n) is 9.31. The summed E-state index contributed by atoms with van der Waals surface area (Å²) >= 11 is 0. The van der Waals surface area contributed by atoms with Crippen LogP contribution in [0.2, 0.25) is 0 Å². The highest BCUT2D eigenvalue weighted by Crippen LogP contribution is 2.44. The van der Waals surface area contributed by atoms with E-state index in [9.17, 15) is 5.11 Å². The van der Waals surface area contributed by atoms with Gasteiger partial charge in [0.15, 0.2) is 11.6 Å². The Morgan fingerprint density at radius 3 is 2.73 bits per heavy atom. The minimum atomic E-state index is 0.0853. The number of nitrogens with zero attached hydrogens (tertiary/aromatic N) is 7. The molecule has 2 aliphatic rings. The molecule has 2 saturated heterocycles. The Kier molecular flexibility index (Phi) is 5.36. The zero-order valence-electron chi connectivity index (χ0n) is 19.4. The Hall–Kier alpha value is -3.33. The number of piperidine rings is 1. The van der Waals surface area contributed by atoms with E-state index in [1.165, 1.54) is 26.3 Å². The summed E-state index contributed by atoms with van der Waals surface area (Å²) in [6.45, 7) is 2.38. The lowest BCUT2D eigenvalue weighted by atomic mass is 9.87. The fraction of sp³-hybridized carbons (Fsp3) is 0.458. The number of fused-ring (bicyclic) bond motifs is 2. The van der Waals surface area contributed by atoms with E-state index in [2.05, 4.69) is 56.0 Å². The molecule has 2 aromatic heterocycles. The van der Waals surface area contributed by atoms with Crippen LogP contribution in [0.1, 0.15) is 32.6 Å². The molecule has 1 aromatic carbocycles. The number of methoxy groups -OCH3 is 1. The zero-order chi connectivity index (χ0) is 23.2. The maximum Gasteiger partial charge on any atom is 0.319 e. The van der Waals surface area contributed by atoms with Gasteiger partial charge in [0.1, 0.15) is 12.1 Å². The van der Waals surface area contributed by atoms with Gasteiger partial charge in [0.25, 0.3) is 0 Å². The minimum Gasteiger partial charge on any atom is -0.507 e. The van der Waals surface area contributed by atoms with Crippen LogP contribution in [-0.2, 0) is 0 Å². The number of hydrogen-bond acceptors (Lipinski definition) is 9. The molecule has 4 heterocycles. The van der Waals surface area contributed by atoms with Gasteiger partial charge in [-0.2, -0.15) is 9.97 Å². The van der Waals surface area contributed by atoms with Crippen molar-refractivity contribution in [2.45, 2.75) is 50.2 Å². The Bertz CT molecular complexity index is 1160. The third kappa shape index (κ3) is 3.86. The molecule has 0 amide bonds. The van der Waals surface area contributed by atoms with Crippen LogP contribution in [0.4, 0.5) is 5.82 Å². The normalized spacial score (nSPS) is 24.6. The van der Waals surface area contributed by atoms with E-state index in [0.29, 0.717) is 34.7 Å². The number of hydrogen-bond donors (Lipinski definition) is 1. The van der Waals surface area contributed by atoms with Crippen LogP contribution >= 0.6 is 0 Å². The molecule has 5 rings (SSSR count). The van der Waals surface area contributed by atoms with E-state index in [4.69, 9.17) is 4.74 Å². The summed E-state index contributed by atoms with van der Waals surface area (Å²) in [4.78, 5) is 17.1. The third-order valence-corrected chi connectivity index (χ3v) is 7.46. The minimum absolute atomic E-state index is 0.0853. The molecule has 3 aromatic rings. The monoisotopic (exact) mass is 447 g/mol. The summed E-state index contributed by atoms with van der Waals surface area (Å²) < 4.78 is 5.05. The molecule has 9 nitrogen and oxygen atoms in total. The van der Waals surface area contributed by atoms with Crippen molar-refractivity contribution >= 4 is 5.82 Å². The first-order valence-corrected chi connectivity index (χ1v) is 11.2. The average molecular weight is 448 g/mol. The lowest BCUT2D eigenvalue weighted by molar-refractivity contribution is 0.0846. The molecule has 2 fully saturated rings. The fourth-order valence-corrected chi connectivity index (χ4v) is 5.26. The van der Waals surface area contributed by atoms with Crippen LogP contribution < -0.4 is 9.64 Å². The molecule has 0 spiro atoms. The summed E-state index contributed by atoms with van der Waals surface area (Å²) in [7, 11) is 5.87. The van der Waals surface area contributed by atoms with Gasteiger partial charge in [-0.3, -0.25) is 4.90 Å². The van der Waals surface area contributed by atoms with Crippen molar-refractivity contribution in [3.8, 4) is 34.4 Å². The van der Waals surface area contributed by atoms with Crippen molar-refractivity contribution in [1.82, 2.24) is 30.0 Å². The predicted octanol–water partition coefficient (Wildman–Crippen LogP) is 3.16. The third-order valence-electron chi connectivity index (χ3n) is 7.46. The molecular formula is C24H29N7O2. The van der Waals surface area contributed by atoms with Gasteiger partial charge in [-0.25, -0.2) is 4.98 Å². The summed E-state index contributed by atoms with van der Waals surface area (Å²) in [5.74, 6) is 1.36. The van der Waals surface area contributed by atoms with Crippen molar-refractivity contribution in [3.63, 3.8) is 0 Å². The van der Waals surface area contributed by atoms with Gasteiger partial charge >= 0.3 is 6.01 Å². The number of rotatable bonds is 5. The van der Waals surface area contributed by atoms with Crippen LogP contribution in [0.15, 0.2) is 36.7 Å². The fourth-order valence-electron chi connectivity index (χ4n) is 5.26. The molecule has 2 aliphatic heterocycles. The van der Waals surface area contributed by atoms with E-state index in [0.717, 1.165) is 18.7 Å². The van der Waals surface area contributed by atoms with Gasteiger partial charge < -0.3 is 14.7 Å². The summed E-state index contributed by atoms with van der Waals surface area (Å²) in [6, 6.07) is 10.4. The number of phenols is 1. The number of phenolic OH excluding ortho intramolecular Hbond substituents is 1. The van der Waals surface area contributed by atoms with Crippen molar-refractivity contribution in [2.24, 2.45) is 0 Å². The molecule has 1 N–H and O–H groups in total. The van der Waals surface area contributed by atoms with Crippen molar-refractivity contribution in [3.05, 3.63) is 36.7 Å². The summed E-state index contributed by atoms with van der Waals surface area (Å²) in [6.07, 6.45) is 6.19. The highest BCUT2D eigenvalue weighted by molar-refractivity contribution is 5.72. The highest BCUT2D eigenvalue weighted by Gasteiger charge is 2.47. The Morgan fingerprint density at radius 2 is 2.03 bits per heavy atom. The number of ether oxygens (including phenoxy) is 1. The number of anilines is 1. The number of aromatic nitrogens is 5. The first-order chi connectivity index (χ1) is 15.9. The van der Waals surface area contributed by atoms with Crippen LogP contribution in [-0.4, -0.2) is 74.0 Å². The van der Waals surface area contributed by atoms with E-state index < -0.39 is 0 Å². The Balaban J connectivity index is 1.34. The average Bonchev–Trinajstić information content (AvgIpc) is 3.00. The van der Waals surface area contributed by atoms with E-state index >= 15 is 0 Å². The Labute approximate surface area is 193 Å². The lowest BCUT2D eigenvalue weighted by Crippen LogP contribution is -2.54. The first kappa shape index (κ1) is 21.5. The lowest BCUT2D eigenvalue weighted by Gasteiger charge is -2.46. The second-order valence-corrected chi connectivity index (χ2v) is 9.31. The molecule has 0 unspecified atom stereocenters. The quantitative estimate of drug-likeness (QED) is 0.632. The zero-order valence-corrected chi connectivity index (χ0v) is 19.4. The summed E-state index contributed by atoms with van der Waals surface area (Å²) in [5.41, 5.74) is 2.14. The molecule has 33 heavy (non-hydrogen) atoms. The van der Waals surface area contributed by atoms with Crippen LogP contribution in [0.5, 0.6) is 11.8 Å². The molecule has 172 valence electrons. The van der Waals surface area contributed by atoms with Crippen molar-refractivity contribution < 1.29 is 9.84 Å². The maximum absolute atomic E-state index is 10.6. The van der Waals surface area contributed by atoms with Gasteiger partial charge in [0.05, 0.1) is 12.8 Å². The van der Waals surface area contributed by atoms with Crippen LogP contribution in [0.3, 0.4) is 0 Å². The van der Waals surface area contributed by atoms with E-state index in [1.807, 2.05) is 18.2 Å². The summed E-state index contributed by atoms with van der Waals surface area (Å²) in [5, 5.41) is 19.6. The van der Waals surface area contributed by atoms with Gasteiger partial charge in [-0.15, -0.1) is 10.2 Å². The SMILES string of the molecule is COc1ncnc(-c2ccc(-c3ccc(N(C)[C@H]4C[C@@H]5CC[C@](C)(C4)N5C)nn3)c(O)c2)n1. The van der Waals surface area contributed by atoms with Gasteiger partial charge in [-0.05, 0) is 63.9 Å². The molecule has 3 atom stereocenters. The topological polar surface area (TPSA) is 100 Å². The largest absolute Gasteiger partial charge is 0.507 e. The molecule has 2 bridgehead atoms. The molecule has 0 saturated carbocycles. The van der Waals surface area contributed by atoms with Gasteiger partial charge in [0.2, 0.25) is 0 Å². The first-order valence-electron chi connectivity index (χ1n) is 11.2. The second kappa shape index (κ2) is 8.22. The standard InChI is InChI=1S/C24H29N7O2/c1-24-10-9-16(31(24)3)12-17(13-24)30(2)21-8-7-19(28-29-21)18-6-5-15(11-20(18)32)22-25-14-26-23(27-22)33-4/h5-8,11,14,16-17,32H,9-10,12-13H2,1-4H3/t16-,17-,24+/m0/s1. The predicted molar refractivity (Wildman–Crippen MR) is 125 cm³/mol. The number of aromatic hydroxyl groups is 1. The van der Waals surface area contributed by atoms with Crippen LogP contribution in [0, 0.1) is 0 Å². The maximum atomic E-state index is 10.6.